The number of benzene rings is 2. The standard InChI is InChI=1S/C36H46O6/c1-5-6-7-8-9-10-11-15-25-40-34-33(42-35(37)29-20-13-12-14-21-29)30-22-17-23-31(32(30)41-36(34)38)39-26-24-28(4)19-16-18-27(2)3/h12-14,17-18,20-24H,5-11,15-16,19,25-26H2,1-4H3/b28-24+. The number of para-hydroxylation sites is 1. The van der Waals surface area contributed by atoms with Crippen molar-refractivity contribution < 1.29 is 23.4 Å². The molecule has 0 saturated heterocycles. The van der Waals surface area contributed by atoms with Crippen LogP contribution in [0.5, 0.6) is 17.2 Å². The number of rotatable bonds is 18. The monoisotopic (exact) mass is 574 g/mol. The maximum Gasteiger partial charge on any atom is 0.383 e. The third-order valence-corrected chi connectivity index (χ3v) is 7.02. The van der Waals surface area contributed by atoms with Gasteiger partial charge in [0.25, 0.3) is 0 Å². The first-order chi connectivity index (χ1) is 20.4. The Morgan fingerprint density at radius 1 is 0.810 bits per heavy atom. The minimum atomic E-state index is -0.706. The van der Waals surface area contributed by atoms with E-state index in [0.717, 1.165) is 32.1 Å². The highest BCUT2D eigenvalue weighted by molar-refractivity contribution is 5.96. The van der Waals surface area contributed by atoms with Crippen LogP contribution in [0.25, 0.3) is 11.0 Å². The van der Waals surface area contributed by atoms with Crippen molar-refractivity contribution in [3.63, 3.8) is 0 Å². The van der Waals surface area contributed by atoms with Gasteiger partial charge in [0.2, 0.25) is 5.75 Å². The van der Waals surface area contributed by atoms with E-state index in [1.807, 2.05) is 12.1 Å². The van der Waals surface area contributed by atoms with Crippen molar-refractivity contribution in [2.45, 2.75) is 91.9 Å². The molecular formula is C36H46O6. The van der Waals surface area contributed by atoms with Gasteiger partial charge in [-0.3, -0.25) is 0 Å². The number of ether oxygens (including phenoxy) is 3. The Bertz CT molecular complexity index is 1380. The van der Waals surface area contributed by atoms with E-state index in [-0.39, 0.29) is 17.1 Å². The van der Waals surface area contributed by atoms with Crippen LogP contribution in [0, 0.1) is 0 Å². The molecule has 3 aromatic rings. The van der Waals surface area contributed by atoms with Crippen LogP contribution in [0.4, 0.5) is 0 Å². The van der Waals surface area contributed by atoms with Crippen LogP contribution < -0.4 is 19.8 Å². The molecule has 0 amide bonds. The summed E-state index contributed by atoms with van der Waals surface area (Å²) in [6, 6.07) is 13.9. The number of hydrogen-bond donors (Lipinski definition) is 0. The number of fused-ring (bicyclic) bond motifs is 1. The lowest BCUT2D eigenvalue weighted by Crippen LogP contribution is -2.15. The lowest BCUT2D eigenvalue weighted by Gasteiger charge is -2.14. The summed E-state index contributed by atoms with van der Waals surface area (Å²) in [6.07, 6.45) is 15.3. The van der Waals surface area contributed by atoms with Crippen LogP contribution >= 0.6 is 0 Å². The zero-order chi connectivity index (χ0) is 30.2. The van der Waals surface area contributed by atoms with Crippen LogP contribution in [0.1, 0.15) is 102 Å². The summed E-state index contributed by atoms with van der Waals surface area (Å²) in [4.78, 5) is 26.2. The molecule has 0 fully saturated rings. The molecule has 3 rings (SSSR count). The molecule has 1 aromatic heterocycles. The van der Waals surface area contributed by atoms with Crippen LogP contribution in [0.2, 0.25) is 0 Å². The molecule has 1 heterocycles. The van der Waals surface area contributed by atoms with Crippen LogP contribution in [-0.4, -0.2) is 19.2 Å². The molecule has 0 N–H and O–H groups in total. The molecule has 0 aliphatic carbocycles. The maximum absolute atomic E-state index is 13.2. The third kappa shape index (κ3) is 10.6. The zero-order valence-electron chi connectivity index (χ0n) is 25.7. The van der Waals surface area contributed by atoms with E-state index in [1.54, 1.807) is 42.5 Å². The summed E-state index contributed by atoms with van der Waals surface area (Å²) in [5.41, 5.74) is 2.39. The smallest absolute Gasteiger partial charge is 0.383 e. The second kappa shape index (κ2) is 17.9. The predicted molar refractivity (Wildman–Crippen MR) is 170 cm³/mol. The minimum Gasteiger partial charge on any atom is -0.486 e. The predicted octanol–water partition coefficient (Wildman–Crippen LogP) is 9.60. The minimum absolute atomic E-state index is 0.0496. The third-order valence-electron chi connectivity index (χ3n) is 7.02. The van der Waals surface area contributed by atoms with Gasteiger partial charge in [-0.05, 0) is 70.4 Å². The molecule has 226 valence electrons. The van der Waals surface area contributed by atoms with Crippen molar-refractivity contribution in [3.05, 3.63) is 87.8 Å². The highest BCUT2D eigenvalue weighted by Crippen LogP contribution is 2.37. The molecule has 6 heteroatoms. The molecule has 0 unspecified atom stereocenters. The first-order valence-electron chi connectivity index (χ1n) is 15.3. The van der Waals surface area contributed by atoms with Crippen molar-refractivity contribution in [2.75, 3.05) is 13.2 Å². The van der Waals surface area contributed by atoms with Crippen LogP contribution in [0.15, 0.2) is 81.0 Å². The average Bonchev–Trinajstić information content (AvgIpc) is 2.98. The van der Waals surface area contributed by atoms with E-state index in [9.17, 15) is 9.59 Å². The first-order valence-corrected chi connectivity index (χ1v) is 15.3. The number of carbonyl (C=O) groups is 1. The number of allylic oxidation sites excluding steroid dienone is 3. The topological polar surface area (TPSA) is 75.0 Å². The van der Waals surface area contributed by atoms with Gasteiger partial charge < -0.3 is 18.6 Å². The van der Waals surface area contributed by atoms with E-state index >= 15 is 0 Å². The maximum atomic E-state index is 13.2. The fourth-order valence-electron chi connectivity index (χ4n) is 4.59. The summed E-state index contributed by atoms with van der Waals surface area (Å²) >= 11 is 0. The Morgan fingerprint density at radius 2 is 1.52 bits per heavy atom. The van der Waals surface area contributed by atoms with Gasteiger partial charge in [-0.1, -0.05) is 93.4 Å². The lowest BCUT2D eigenvalue weighted by atomic mass is 10.1. The van der Waals surface area contributed by atoms with Crippen molar-refractivity contribution >= 4 is 16.9 Å². The van der Waals surface area contributed by atoms with Gasteiger partial charge >= 0.3 is 11.6 Å². The Hall–Kier alpha value is -3.80. The number of unbranched alkanes of at least 4 members (excludes halogenated alkanes) is 7. The Labute approximate surface area is 250 Å². The quantitative estimate of drug-likeness (QED) is 0.0652. The molecular weight excluding hydrogens is 528 g/mol. The van der Waals surface area contributed by atoms with E-state index in [4.69, 9.17) is 18.6 Å². The van der Waals surface area contributed by atoms with Gasteiger partial charge in [-0.15, -0.1) is 0 Å². The molecule has 0 spiro atoms. The van der Waals surface area contributed by atoms with Crippen molar-refractivity contribution in [2.24, 2.45) is 0 Å². The molecule has 0 bridgehead atoms. The average molecular weight is 575 g/mol. The van der Waals surface area contributed by atoms with Crippen LogP contribution in [-0.2, 0) is 0 Å². The zero-order valence-corrected chi connectivity index (χ0v) is 25.7. The molecule has 0 aliphatic rings. The van der Waals surface area contributed by atoms with Crippen molar-refractivity contribution in [3.8, 4) is 17.2 Å². The first kappa shape index (κ1) is 32.7. The van der Waals surface area contributed by atoms with E-state index < -0.39 is 11.6 Å². The summed E-state index contributed by atoms with van der Waals surface area (Å²) < 4.78 is 23.5. The number of hydrogen-bond acceptors (Lipinski definition) is 6. The Balaban J connectivity index is 1.79. The molecule has 0 saturated carbocycles. The van der Waals surface area contributed by atoms with Gasteiger partial charge in [-0.25, -0.2) is 9.59 Å². The molecule has 0 radical (unpaired) electrons. The fourth-order valence-corrected chi connectivity index (χ4v) is 4.59. The van der Waals surface area contributed by atoms with Crippen molar-refractivity contribution in [1.29, 1.82) is 0 Å². The summed E-state index contributed by atoms with van der Waals surface area (Å²) in [5, 5.41) is 0.437. The van der Waals surface area contributed by atoms with Gasteiger partial charge in [0, 0.05) is 0 Å². The van der Waals surface area contributed by atoms with Gasteiger partial charge in [0.1, 0.15) is 6.61 Å². The van der Waals surface area contributed by atoms with Gasteiger partial charge in [0.15, 0.2) is 17.1 Å². The van der Waals surface area contributed by atoms with Gasteiger partial charge in [0.05, 0.1) is 17.6 Å². The highest BCUT2D eigenvalue weighted by Gasteiger charge is 2.23. The normalized spacial score (nSPS) is 11.4. The molecule has 6 nitrogen and oxygen atoms in total. The van der Waals surface area contributed by atoms with Crippen molar-refractivity contribution in [1.82, 2.24) is 0 Å². The number of esters is 1. The Kier molecular flexibility index (Phi) is 13.9. The number of carbonyl (C=O) groups excluding carboxylic acids is 1. The van der Waals surface area contributed by atoms with E-state index in [0.29, 0.717) is 29.9 Å². The van der Waals surface area contributed by atoms with E-state index in [1.165, 1.54) is 43.3 Å². The summed E-state index contributed by atoms with van der Waals surface area (Å²) in [7, 11) is 0. The largest absolute Gasteiger partial charge is 0.486 e. The summed E-state index contributed by atoms with van der Waals surface area (Å²) in [6.45, 7) is 9.12. The lowest BCUT2D eigenvalue weighted by molar-refractivity contribution is 0.0729. The molecule has 42 heavy (non-hydrogen) atoms. The highest BCUT2D eigenvalue weighted by atomic mass is 16.6. The fraction of sp³-hybridized carbons (Fsp3) is 0.444. The van der Waals surface area contributed by atoms with Gasteiger partial charge in [-0.2, -0.15) is 0 Å². The molecule has 2 aromatic carbocycles. The second-order valence-corrected chi connectivity index (χ2v) is 10.9. The summed E-state index contributed by atoms with van der Waals surface area (Å²) in [5.74, 6) is -0.235. The molecule has 0 atom stereocenters. The van der Waals surface area contributed by atoms with E-state index in [2.05, 4.69) is 33.8 Å². The second-order valence-electron chi connectivity index (χ2n) is 10.9. The van der Waals surface area contributed by atoms with Crippen LogP contribution in [0.3, 0.4) is 0 Å². The SMILES string of the molecule is CCCCCCCCCCOc1c(OC(=O)c2ccccc2)c2cccc(OC/C=C(\C)CCC=C(C)C)c2oc1=O. The Morgan fingerprint density at radius 3 is 2.24 bits per heavy atom. The molecule has 0 aliphatic heterocycles.